The highest BCUT2D eigenvalue weighted by Crippen LogP contribution is 2.31. The fourth-order valence-corrected chi connectivity index (χ4v) is 2.57. The Morgan fingerprint density at radius 1 is 1.05 bits per heavy atom. The second kappa shape index (κ2) is 5.80. The van der Waals surface area contributed by atoms with Crippen LogP contribution in [0.3, 0.4) is 0 Å². The summed E-state index contributed by atoms with van der Waals surface area (Å²) in [6.07, 6.45) is 0. The topological polar surface area (TPSA) is 12.0 Å². The molecule has 1 atom stereocenters. The first-order chi connectivity index (χ1) is 9.02. The molecule has 0 saturated carbocycles. The third-order valence-corrected chi connectivity index (χ3v) is 3.74. The van der Waals surface area contributed by atoms with Gasteiger partial charge in [-0.25, -0.2) is 8.78 Å². The van der Waals surface area contributed by atoms with E-state index >= 15 is 0 Å². The number of hydrogen-bond acceptors (Lipinski definition) is 1. The molecule has 100 valence electrons. The third-order valence-electron chi connectivity index (χ3n) is 3.02. The Labute approximate surface area is 119 Å². The summed E-state index contributed by atoms with van der Waals surface area (Å²) < 4.78 is 28.1. The molecule has 0 aliphatic rings. The Morgan fingerprint density at radius 2 is 1.79 bits per heavy atom. The Kier molecular flexibility index (Phi) is 4.32. The first-order valence-electron chi connectivity index (χ1n) is 5.91. The van der Waals surface area contributed by atoms with Gasteiger partial charge in [-0.3, -0.25) is 0 Å². The lowest BCUT2D eigenvalue weighted by Crippen LogP contribution is -2.19. The molecule has 2 rings (SSSR count). The van der Waals surface area contributed by atoms with E-state index in [2.05, 4.69) is 21.2 Å². The average Bonchev–Trinajstić information content (AvgIpc) is 2.38. The van der Waals surface area contributed by atoms with Crippen LogP contribution in [0.1, 0.15) is 22.7 Å². The van der Waals surface area contributed by atoms with Gasteiger partial charge in [-0.2, -0.15) is 0 Å². The minimum atomic E-state index is -0.444. The van der Waals surface area contributed by atoms with Crippen molar-refractivity contribution >= 4 is 15.9 Å². The first kappa shape index (κ1) is 14.2. The van der Waals surface area contributed by atoms with Gasteiger partial charge in [0.25, 0.3) is 0 Å². The van der Waals surface area contributed by atoms with Gasteiger partial charge in [0.15, 0.2) is 0 Å². The van der Waals surface area contributed by atoms with Crippen molar-refractivity contribution in [2.75, 3.05) is 7.05 Å². The molecule has 0 aliphatic carbocycles. The Bertz CT molecular complexity index is 547. The Morgan fingerprint density at radius 3 is 2.47 bits per heavy atom. The second-order valence-electron chi connectivity index (χ2n) is 4.41. The standard InChI is InChI=1S/C15H14BrF2N/c1-9-3-5-13(16)11(7-9)15(19-2)12-8-10(17)4-6-14(12)18/h3-8,15,19H,1-2H3. The fraction of sp³-hybridized carbons (Fsp3) is 0.200. The molecule has 0 heterocycles. The molecular formula is C15H14BrF2N. The first-order valence-corrected chi connectivity index (χ1v) is 6.70. The van der Waals surface area contributed by atoms with E-state index in [4.69, 9.17) is 0 Å². The zero-order valence-electron chi connectivity index (χ0n) is 10.7. The van der Waals surface area contributed by atoms with Crippen LogP contribution in [0, 0.1) is 18.6 Å². The molecule has 0 spiro atoms. The quantitative estimate of drug-likeness (QED) is 0.884. The third kappa shape index (κ3) is 3.01. The lowest BCUT2D eigenvalue weighted by Gasteiger charge is -2.20. The van der Waals surface area contributed by atoms with E-state index in [1.807, 2.05) is 25.1 Å². The van der Waals surface area contributed by atoms with E-state index in [0.29, 0.717) is 5.56 Å². The van der Waals surface area contributed by atoms with Crippen LogP contribution in [0.15, 0.2) is 40.9 Å². The maximum Gasteiger partial charge on any atom is 0.128 e. The number of rotatable bonds is 3. The van der Waals surface area contributed by atoms with E-state index in [1.54, 1.807) is 7.05 Å². The lowest BCUT2D eigenvalue weighted by atomic mass is 9.97. The van der Waals surface area contributed by atoms with Gasteiger partial charge in [0.05, 0.1) is 6.04 Å². The summed E-state index contributed by atoms with van der Waals surface area (Å²) in [6, 6.07) is 8.93. The van der Waals surface area contributed by atoms with E-state index in [1.165, 1.54) is 6.07 Å². The van der Waals surface area contributed by atoms with Crippen LogP contribution >= 0.6 is 15.9 Å². The minimum Gasteiger partial charge on any atom is -0.309 e. The zero-order valence-corrected chi connectivity index (χ0v) is 12.3. The van der Waals surface area contributed by atoms with Crippen molar-refractivity contribution in [2.24, 2.45) is 0 Å². The summed E-state index contributed by atoms with van der Waals surface area (Å²) in [5, 5.41) is 3.03. The van der Waals surface area contributed by atoms with E-state index in [9.17, 15) is 8.78 Å². The molecule has 0 bridgehead atoms. The van der Waals surface area contributed by atoms with Crippen LogP contribution in [-0.4, -0.2) is 7.05 Å². The summed E-state index contributed by atoms with van der Waals surface area (Å²) in [5.74, 6) is -0.866. The molecule has 0 aromatic heterocycles. The monoisotopic (exact) mass is 325 g/mol. The van der Waals surface area contributed by atoms with Crippen molar-refractivity contribution in [3.8, 4) is 0 Å². The van der Waals surface area contributed by atoms with Gasteiger partial charge in [0.1, 0.15) is 11.6 Å². The van der Waals surface area contributed by atoms with Crippen molar-refractivity contribution < 1.29 is 8.78 Å². The molecular weight excluding hydrogens is 312 g/mol. The number of halogens is 3. The van der Waals surface area contributed by atoms with Crippen molar-refractivity contribution in [3.05, 3.63) is 69.2 Å². The molecule has 4 heteroatoms. The normalized spacial score (nSPS) is 12.5. The molecule has 0 fully saturated rings. The van der Waals surface area contributed by atoms with Crippen LogP contribution < -0.4 is 5.32 Å². The molecule has 2 aromatic carbocycles. The Hall–Kier alpha value is -1.26. The predicted molar refractivity (Wildman–Crippen MR) is 76.1 cm³/mol. The summed E-state index contributed by atoms with van der Waals surface area (Å²) >= 11 is 3.46. The van der Waals surface area contributed by atoms with Crippen LogP contribution in [0.4, 0.5) is 8.78 Å². The minimum absolute atomic E-state index is 0.300. The molecule has 2 aromatic rings. The van der Waals surface area contributed by atoms with Crippen LogP contribution in [0.25, 0.3) is 0 Å². The highest BCUT2D eigenvalue weighted by atomic mass is 79.9. The second-order valence-corrected chi connectivity index (χ2v) is 5.27. The van der Waals surface area contributed by atoms with Gasteiger partial charge in [-0.05, 0) is 43.8 Å². The Balaban J connectivity index is 2.55. The molecule has 1 N–H and O–H groups in total. The van der Waals surface area contributed by atoms with Crippen molar-refractivity contribution in [2.45, 2.75) is 13.0 Å². The van der Waals surface area contributed by atoms with E-state index in [-0.39, 0.29) is 0 Å². The molecule has 19 heavy (non-hydrogen) atoms. The molecule has 0 radical (unpaired) electrons. The van der Waals surface area contributed by atoms with Crippen LogP contribution in [-0.2, 0) is 0 Å². The number of aryl methyl sites for hydroxylation is 1. The number of hydrogen-bond donors (Lipinski definition) is 1. The summed E-state index contributed by atoms with van der Waals surface area (Å²) in [5.41, 5.74) is 2.25. The summed E-state index contributed by atoms with van der Waals surface area (Å²) in [7, 11) is 1.73. The van der Waals surface area contributed by atoms with Gasteiger partial charge >= 0.3 is 0 Å². The number of nitrogens with one attached hydrogen (secondary N) is 1. The molecule has 0 amide bonds. The van der Waals surface area contributed by atoms with E-state index in [0.717, 1.165) is 27.7 Å². The van der Waals surface area contributed by atoms with Crippen molar-refractivity contribution in [1.82, 2.24) is 5.32 Å². The fourth-order valence-electron chi connectivity index (χ4n) is 2.10. The molecule has 0 aliphatic heterocycles. The maximum atomic E-state index is 13.9. The summed E-state index contributed by atoms with van der Waals surface area (Å²) in [6.45, 7) is 1.96. The van der Waals surface area contributed by atoms with Gasteiger partial charge in [-0.1, -0.05) is 33.6 Å². The highest BCUT2D eigenvalue weighted by molar-refractivity contribution is 9.10. The SMILES string of the molecule is CNC(c1cc(F)ccc1F)c1cc(C)ccc1Br. The largest absolute Gasteiger partial charge is 0.309 e. The lowest BCUT2D eigenvalue weighted by molar-refractivity contribution is 0.557. The highest BCUT2D eigenvalue weighted by Gasteiger charge is 2.19. The number of benzene rings is 2. The van der Waals surface area contributed by atoms with Crippen molar-refractivity contribution in [1.29, 1.82) is 0 Å². The zero-order chi connectivity index (χ0) is 14.0. The molecule has 1 unspecified atom stereocenters. The van der Waals surface area contributed by atoms with Gasteiger partial charge in [0.2, 0.25) is 0 Å². The average molecular weight is 326 g/mol. The van der Waals surface area contributed by atoms with Crippen LogP contribution in [0.2, 0.25) is 0 Å². The molecule has 0 saturated heterocycles. The smallest absolute Gasteiger partial charge is 0.128 e. The maximum absolute atomic E-state index is 13.9. The predicted octanol–water partition coefficient (Wildman–Crippen LogP) is 4.34. The molecule has 1 nitrogen and oxygen atoms in total. The van der Waals surface area contributed by atoms with Gasteiger partial charge in [0, 0.05) is 10.0 Å². The van der Waals surface area contributed by atoms with Crippen LogP contribution in [0.5, 0.6) is 0 Å². The van der Waals surface area contributed by atoms with Crippen molar-refractivity contribution in [3.63, 3.8) is 0 Å². The van der Waals surface area contributed by atoms with Gasteiger partial charge < -0.3 is 5.32 Å². The van der Waals surface area contributed by atoms with E-state index < -0.39 is 17.7 Å². The summed E-state index contributed by atoms with van der Waals surface area (Å²) in [4.78, 5) is 0. The van der Waals surface area contributed by atoms with Gasteiger partial charge in [-0.15, -0.1) is 0 Å².